The number of nitrogens with zero attached hydrogens (tertiary/aromatic N) is 1. The average Bonchev–Trinajstić information content (AvgIpc) is 2.66. The summed E-state index contributed by atoms with van der Waals surface area (Å²) in [5.74, 6) is -0.563. The van der Waals surface area contributed by atoms with Gasteiger partial charge >= 0.3 is 5.69 Å². The van der Waals surface area contributed by atoms with Gasteiger partial charge in [-0.2, -0.15) is 0 Å². The summed E-state index contributed by atoms with van der Waals surface area (Å²) in [6, 6.07) is 0. The molecule has 110 valence electrons. The van der Waals surface area contributed by atoms with Crippen molar-refractivity contribution in [1.29, 1.82) is 0 Å². The Balaban J connectivity index is 2.54. The Morgan fingerprint density at radius 2 is 2.05 bits per heavy atom. The van der Waals surface area contributed by atoms with Crippen LogP contribution in [0.5, 0.6) is 0 Å². The molecule has 20 heavy (non-hydrogen) atoms. The predicted octanol–water partition coefficient (Wildman–Crippen LogP) is -2.65. The molecule has 0 radical (unpaired) electrons. The maximum Gasteiger partial charge on any atom is 0.330 e. The normalized spacial score (nSPS) is 29.6. The number of ketones is 1. The van der Waals surface area contributed by atoms with Crippen molar-refractivity contribution >= 4 is 5.78 Å². The fourth-order valence-corrected chi connectivity index (χ4v) is 2.06. The van der Waals surface area contributed by atoms with E-state index in [1.807, 2.05) is 0 Å². The minimum Gasteiger partial charge on any atom is -0.394 e. The molecule has 2 rings (SSSR count). The molecule has 0 aromatic carbocycles. The quantitative estimate of drug-likeness (QED) is 0.444. The van der Waals surface area contributed by atoms with Gasteiger partial charge in [-0.15, -0.1) is 0 Å². The Labute approximate surface area is 112 Å². The molecular formula is C11H14N2O7. The Morgan fingerprint density at radius 3 is 2.55 bits per heavy atom. The van der Waals surface area contributed by atoms with Crippen LogP contribution in [-0.4, -0.2) is 55.6 Å². The number of nitrogens with one attached hydrogen (secondary N) is 1. The number of rotatable bonds is 3. The third-order valence-electron chi connectivity index (χ3n) is 3.16. The van der Waals surface area contributed by atoms with Crippen molar-refractivity contribution in [3.63, 3.8) is 0 Å². The summed E-state index contributed by atoms with van der Waals surface area (Å²) in [6.07, 6.45) is -4.64. The number of aromatic nitrogens is 2. The predicted molar refractivity (Wildman–Crippen MR) is 64.3 cm³/mol. The first-order valence-electron chi connectivity index (χ1n) is 5.86. The Morgan fingerprint density at radius 1 is 1.40 bits per heavy atom. The lowest BCUT2D eigenvalue weighted by atomic mass is 10.1. The van der Waals surface area contributed by atoms with Crippen LogP contribution in [0.1, 0.15) is 23.5 Å². The van der Waals surface area contributed by atoms with Crippen molar-refractivity contribution in [2.45, 2.75) is 31.5 Å². The van der Waals surface area contributed by atoms with Gasteiger partial charge in [-0.1, -0.05) is 0 Å². The molecule has 1 saturated heterocycles. The third kappa shape index (κ3) is 2.20. The van der Waals surface area contributed by atoms with E-state index < -0.39 is 48.2 Å². The second-order valence-electron chi connectivity index (χ2n) is 4.47. The summed E-state index contributed by atoms with van der Waals surface area (Å²) in [4.78, 5) is 37.2. The van der Waals surface area contributed by atoms with E-state index in [9.17, 15) is 24.6 Å². The Hall–Kier alpha value is -1.81. The maximum absolute atomic E-state index is 12.1. The van der Waals surface area contributed by atoms with Gasteiger partial charge in [0.15, 0.2) is 12.0 Å². The standard InChI is InChI=1S/C11H14N2O7/c1-4(15)5-2-12-11(19)13(9(5)18)10-8(17)7(16)6(3-14)20-10/h2,6-8,10,14,16-17H,3H2,1H3,(H,12,19)/t6-,7-,8+,10-/m1/s1. The molecule has 0 unspecified atom stereocenters. The van der Waals surface area contributed by atoms with Crippen molar-refractivity contribution < 1.29 is 24.9 Å². The molecule has 0 saturated carbocycles. The molecule has 1 aromatic rings. The highest BCUT2D eigenvalue weighted by Crippen LogP contribution is 2.27. The van der Waals surface area contributed by atoms with Crippen molar-refractivity contribution in [2.75, 3.05) is 6.61 Å². The summed E-state index contributed by atoms with van der Waals surface area (Å²) in [5, 5.41) is 28.4. The van der Waals surface area contributed by atoms with E-state index in [4.69, 9.17) is 9.84 Å². The number of carbonyl (C=O) groups excluding carboxylic acids is 1. The lowest BCUT2D eigenvalue weighted by Gasteiger charge is -2.16. The Bertz CT molecular complexity index is 634. The monoisotopic (exact) mass is 286 g/mol. The summed E-state index contributed by atoms with van der Waals surface area (Å²) in [6.45, 7) is 0.560. The van der Waals surface area contributed by atoms with Gasteiger partial charge in [0.2, 0.25) is 0 Å². The number of hydrogen-bond acceptors (Lipinski definition) is 7. The molecule has 1 aliphatic heterocycles. The number of carbonyl (C=O) groups is 1. The number of H-pyrrole nitrogens is 1. The zero-order chi connectivity index (χ0) is 15.0. The Kier molecular flexibility index (Phi) is 3.86. The summed E-state index contributed by atoms with van der Waals surface area (Å²) in [7, 11) is 0. The molecule has 1 aromatic heterocycles. The molecule has 0 aliphatic carbocycles. The van der Waals surface area contributed by atoms with Crippen LogP contribution in [0.4, 0.5) is 0 Å². The van der Waals surface area contributed by atoms with E-state index in [1.165, 1.54) is 0 Å². The van der Waals surface area contributed by atoms with Crippen LogP contribution in [0.15, 0.2) is 15.8 Å². The second kappa shape index (κ2) is 5.29. The highest BCUT2D eigenvalue weighted by molar-refractivity contribution is 5.93. The number of aromatic amines is 1. The highest BCUT2D eigenvalue weighted by Gasteiger charge is 2.44. The van der Waals surface area contributed by atoms with E-state index in [2.05, 4.69) is 4.98 Å². The van der Waals surface area contributed by atoms with Crippen molar-refractivity contribution in [1.82, 2.24) is 9.55 Å². The van der Waals surface area contributed by atoms with E-state index in [-0.39, 0.29) is 5.56 Å². The number of ether oxygens (including phenoxy) is 1. The first-order chi connectivity index (χ1) is 9.38. The third-order valence-corrected chi connectivity index (χ3v) is 3.16. The fraction of sp³-hybridized carbons (Fsp3) is 0.545. The minimum atomic E-state index is -1.58. The molecule has 1 aliphatic rings. The molecule has 4 atom stereocenters. The largest absolute Gasteiger partial charge is 0.394 e. The molecular weight excluding hydrogens is 272 g/mol. The van der Waals surface area contributed by atoms with Crippen LogP contribution in [0.3, 0.4) is 0 Å². The number of hydrogen-bond donors (Lipinski definition) is 4. The topological polar surface area (TPSA) is 142 Å². The highest BCUT2D eigenvalue weighted by atomic mass is 16.6. The van der Waals surface area contributed by atoms with E-state index in [0.29, 0.717) is 4.57 Å². The summed E-state index contributed by atoms with van der Waals surface area (Å²) >= 11 is 0. The van der Waals surface area contributed by atoms with E-state index in [0.717, 1.165) is 13.1 Å². The average molecular weight is 286 g/mol. The molecule has 1 fully saturated rings. The fourth-order valence-electron chi connectivity index (χ4n) is 2.06. The van der Waals surface area contributed by atoms with Gasteiger partial charge in [-0.3, -0.25) is 9.59 Å². The molecule has 9 nitrogen and oxygen atoms in total. The van der Waals surface area contributed by atoms with Crippen LogP contribution in [0.25, 0.3) is 0 Å². The number of Topliss-reactive ketones (excluding diaryl/α,β-unsaturated/α-hetero) is 1. The van der Waals surface area contributed by atoms with Crippen LogP contribution in [-0.2, 0) is 4.74 Å². The first kappa shape index (κ1) is 14.6. The maximum atomic E-state index is 12.1. The lowest BCUT2D eigenvalue weighted by Crippen LogP contribution is -2.44. The van der Waals surface area contributed by atoms with Gasteiger partial charge in [-0.05, 0) is 6.92 Å². The number of aliphatic hydroxyl groups is 3. The van der Waals surface area contributed by atoms with E-state index >= 15 is 0 Å². The first-order valence-corrected chi connectivity index (χ1v) is 5.86. The zero-order valence-corrected chi connectivity index (χ0v) is 10.5. The van der Waals surface area contributed by atoms with Gasteiger partial charge in [0, 0.05) is 6.20 Å². The second-order valence-corrected chi connectivity index (χ2v) is 4.47. The molecule has 2 heterocycles. The SMILES string of the molecule is CC(=O)c1c[nH]c(=O)n([C@@H]2O[C@H](CO)[C@@H](O)[C@@H]2O)c1=O. The summed E-state index contributed by atoms with van der Waals surface area (Å²) < 4.78 is 5.61. The van der Waals surface area contributed by atoms with Gasteiger partial charge in [-0.25, -0.2) is 9.36 Å². The molecule has 0 spiro atoms. The lowest BCUT2D eigenvalue weighted by molar-refractivity contribution is -0.0565. The van der Waals surface area contributed by atoms with Crippen LogP contribution >= 0.6 is 0 Å². The van der Waals surface area contributed by atoms with E-state index in [1.54, 1.807) is 0 Å². The molecule has 4 N–H and O–H groups in total. The van der Waals surface area contributed by atoms with Crippen molar-refractivity contribution in [3.05, 3.63) is 32.6 Å². The minimum absolute atomic E-state index is 0.276. The van der Waals surface area contributed by atoms with Gasteiger partial charge < -0.3 is 25.0 Å². The molecule has 0 amide bonds. The van der Waals surface area contributed by atoms with Gasteiger partial charge in [0.1, 0.15) is 18.3 Å². The zero-order valence-electron chi connectivity index (χ0n) is 10.5. The van der Waals surface area contributed by atoms with Crippen LogP contribution < -0.4 is 11.2 Å². The number of aliphatic hydroxyl groups excluding tert-OH is 3. The summed E-state index contributed by atoms with van der Waals surface area (Å²) in [5.41, 5.74) is -2.10. The van der Waals surface area contributed by atoms with Gasteiger partial charge in [0.25, 0.3) is 5.56 Å². The van der Waals surface area contributed by atoms with Crippen molar-refractivity contribution in [3.8, 4) is 0 Å². The smallest absolute Gasteiger partial charge is 0.330 e. The van der Waals surface area contributed by atoms with Crippen LogP contribution in [0, 0.1) is 0 Å². The molecule has 9 heteroatoms. The van der Waals surface area contributed by atoms with Crippen LogP contribution in [0.2, 0.25) is 0 Å². The van der Waals surface area contributed by atoms with Crippen molar-refractivity contribution in [2.24, 2.45) is 0 Å². The molecule has 0 bridgehead atoms. The van der Waals surface area contributed by atoms with Gasteiger partial charge in [0.05, 0.1) is 12.2 Å².